The van der Waals surface area contributed by atoms with Crippen molar-refractivity contribution in [3.8, 4) is 0 Å². The van der Waals surface area contributed by atoms with Crippen LogP contribution in [-0.4, -0.2) is 43.5 Å². The Morgan fingerprint density at radius 3 is 2.91 bits per heavy atom. The number of carbonyl (C=O) groups is 1. The van der Waals surface area contributed by atoms with Gasteiger partial charge in [-0.2, -0.15) is 0 Å². The fourth-order valence-corrected chi connectivity index (χ4v) is 3.81. The van der Waals surface area contributed by atoms with Crippen LogP contribution in [0.15, 0.2) is 24.3 Å². The lowest BCUT2D eigenvalue weighted by atomic mass is 9.87. The van der Waals surface area contributed by atoms with Gasteiger partial charge in [0.15, 0.2) is 0 Å². The van der Waals surface area contributed by atoms with Crippen molar-refractivity contribution in [3.63, 3.8) is 0 Å². The van der Waals surface area contributed by atoms with Crippen LogP contribution in [0.5, 0.6) is 0 Å². The molecule has 2 aliphatic rings. The predicted octanol–water partition coefficient (Wildman–Crippen LogP) is 2.43. The molecule has 1 atom stereocenters. The van der Waals surface area contributed by atoms with Gasteiger partial charge < -0.3 is 10.6 Å². The molecule has 22 heavy (non-hydrogen) atoms. The van der Waals surface area contributed by atoms with Crippen molar-refractivity contribution in [3.05, 3.63) is 29.8 Å². The molecule has 3 rings (SSSR count). The smallest absolute Gasteiger partial charge is 0.238 e. The molecule has 2 N–H and O–H groups in total. The Hall–Kier alpha value is -1.39. The first-order valence-corrected chi connectivity index (χ1v) is 8.40. The molecule has 120 valence electrons. The summed E-state index contributed by atoms with van der Waals surface area (Å²) in [7, 11) is 0. The molecular formula is C18H27N3O. The molecule has 0 bridgehead atoms. The summed E-state index contributed by atoms with van der Waals surface area (Å²) in [6.45, 7) is 9.15. The van der Waals surface area contributed by atoms with Crippen molar-refractivity contribution in [2.45, 2.75) is 32.6 Å². The number of nitrogens with zero attached hydrogens (tertiary/aromatic N) is 1. The first-order valence-electron chi connectivity index (χ1n) is 8.40. The SMILES string of the molecule is CC(C)c1ccccc1NC(=O)CN1CCC2(CCNC2)C1. The second kappa shape index (κ2) is 6.39. The zero-order valence-electron chi connectivity index (χ0n) is 13.7. The average molecular weight is 301 g/mol. The lowest BCUT2D eigenvalue weighted by Crippen LogP contribution is -2.34. The zero-order chi connectivity index (χ0) is 15.6. The third-order valence-electron chi connectivity index (χ3n) is 5.07. The van der Waals surface area contributed by atoms with Gasteiger partial charge in [0.25, 0.3) is 0 Å². The van der Waals surface area contributed by atoms with Gasteiger partial charge in [0.2, 0.25) is 5.91 Å². The molecule has 1 unspecified atom stereocenters. The second-order valence-electron chi connectivity index (χ2n) is 7.18. The van der Waals surface area contributed by atoms with Crippen LogP contribution in [0.3, 0.4) is 0 Å². The molecule has 2 heterocycles. The molecule has 0 saturated carbocycles. The van der Waals surface area contributed by atoms with Gasteiger partial charge in [-0.1, -0.05) is 32.0 Å². The van der Waals surface area contributed by atoms with Gasteiger partial charge in [-0.3, -0.25) is 9.69 Å². The van der Waals surface area contributed by atoms with Crippen LogP contribution in [0.25, 0.3) is 0 Å². The fourth-order valence-electron chi connectivity index (χ4n) is 3.81. The van der Waals surface area contributed by atoms with Gasteiger partial charge in [-0.15, -0.1) is 0 Å². The maximum Gasteiger partial charge on any atom is 0.238 e. The number of para-hydroxylation sites is 1. The molecule has 0 radical (unpaired) electrons. The Kier molecular flexibility index (Phi) is 4.50. The van der Waals surface area contributed by atoms with Crippen molar-refractivity contribution in [2.75, 3.05) is 38.0 Å². The molecule has 2 saturated heterocycles. The minimum absolute atomic E-state index is 0.108. The Balaban J connectivity index is 1.57. The van der Waals surface area contributed by atoms with E-state index < -0.39 is 0 Å². The normalized spacial score (nSPS) is 25.2. The van der Waals surface area contributed by atoms with Gasteiger partial charge in [-0.05, 0) is 48.9 Å². The molecular weight excluding hydrogens is 274 g/mol. The van der Waals surface area contributed by atoms with Crippen LogP contribution in [0.2, 0.25) is 0 Å². The molecule has 0 aromatic heterocycles. The number of hydrogen-bond acceptors (Lipinski definition) is 3. The number of anilines is 1. The Morgan fingerprint density at radius 1 is 1.36 bits per heavy atom. The van der Waals surface area contributed by atoms with Gasteiger partial charge >= 0.3 is 0 Å². The van der Waals surface area contributed by atoms with Gasteiger partial charge in [0.05, 0.1) is 6.54 Å². The van der Waals surface area contributed by atoms with E-state index in [1.807, 2.05) is 18.2 Å². The van der Waals surface area contributed by atoms with Crippen molar-refractivity contribution in [2.24, 2.45) is 5.41 Å². The van der Waals surface area contributed by atoms with E-state index >= 15 is 0 Å². The van der Waals surface area contributed by atoms with E-state index in [9.17, 15) is 4.79 Å². The van der Waals surface area contributed by atoms with Crippen molar-refractivity contribution in [1.29, 1.82) is 0 Å². The largest absolute Gasteiger partial charge is 0.325 e. The minimum atomic E-state index is 0.108. The van der Waals surface area contributed by atoms with E-state index in [0.29, 0.717) is 17.9 Å². The highest BCUT2D eigenvalue weighted by Crippen LogP contribution is 2.35. The summed E-state index contributed by atoms with van der Waals surface area (Å²) < 4.78 is 0. The summed E-state index contributed by atoms with van der Waals surface area (Å²) in [5.74, 6) is 0.521. The zero-order valence-corrected chi connectivity index (χ0v) is 13.7. The summed E-state index contributed by atoms with van der Waals surface area (Å²) in [5.41, 5.74) is 2.59. The van der Waals surface area contributed by atoms with Crippen LogP contribution in [0.4, 0.5) is 5.69 Å². The van der Waals surface area contributed by atoms with Crippen LogP contribution in [0, 0.1) is 5.41 Å². The maximum atomic E-state index is 12.4. The Morgan fingerprint density at radius 2 is 2.18 bits per heavy atom. The van der Waals surface area contributed by atoms with E-state index in [0.717, 1.165) is 31.9 Å². The highest BCUT2D eigenvalue weighted by Gasteiger charge is 2.40. The third-order valence-corrected chi connectivity index (χ3v) is 5.07. The van der Waals surface area contributed by atoms with Gasteiger partial charge in [0, 0.05) is 18.8 Å². The molecule has 0 aliphatic carbocycles. The van der Waals surface area contributed by atoms with Gasteiger partial charge in [0.1, 0.15) is 0 Å². The van der Waals surface area contributed by atoms with E-state index in [1.165, 1.54) is 18.4 Å². The molecule has 1 aromatic rings. The quantitative estimate of drug-likeness (QED) is 0.898. The maximum absolute atomic E-state index is 12.4. The summed E-state index contributed by atoms with van der Waals surface area (Å²) in [6, 6.07) is 8.10. The number of hydrogen-bond donors (Lipinski definition) is 2. The van der Waals surface area contributed by atoms with Crippen molar-refractivity contribution < 1.29 is 4.79 Å². The average Bonchev–Trinajstić information content (AvgIpc) is 3.10. The van der Waals surface area contributed by atoms with Crippen LogP contribution < -0.4 is 10.6 Å². The van der Waals surface area contributed by atoms with E-state index in [4.69, 9.17) is 0 Å². The van der Waals surface area contributed by atoms with Crippen molar-refractivity contribution >= 4 is 11.6 Å². The van der Waals surface area contributed by atoms with Gasteiger partial charge in [-0.25, -0.2) is 0 Å². The van der Waals surface area contributed by atoms with E-state index in [1.54, 1.807) is 0 Å². The number of likely N-dealkylation sites (tertiary alicyclic amines) is 1. The van der Waals surface area contributed by atoms with E-state index in [2.05, 4.69) is 35.4 Å². The topological polar surface area (TPSA) is 44.4 Å². The summed E-state index contributed by atoms with van der Waals surface area (Å²) in [4.78, 5) is 14.7. The highest BCUT2D eigenvalue weighted by molar-refractivity contribution is 5.93. The number of nitrogens with one attached hydrogen (secondary N) is 2. The fraction of sp³-hybridized carbons (Fsp3) is 0.611. The summed E-state index contributed by atoms with van der Waals surface area (Å²) >= 11 is 0. The molecule has 2 fully saturated rings. The second-order valence-corrected chi connectivity index (χ2v) is 7.18. The Labute approximate surface area is 133 Å². The Bertz CT molecular complexity index is 535. The first kappa shape index (κ1) is 15.5. The molecule has 4 heteroatoms. The first-order chi connectivity index (χ1) is 10.6. The van der Waals surface area contributed by atoms with Crippen molar-refractivity contribution in [1.82, 2.24) is 10.2 Å². The van der Waals surface area contributed by atoms with E-state index in [-0.39, 0.29) is 5.91 Å². The molecule has 2 aliphatic heterocycles. The monoisotopic (exact) mass is 301 g/mol. The molecule has 1 aromatic carbocycles. The molecule has 4 nitrogen and oxygen atoms in total. The molecule has 1 amide bonds. The van der Waals surface area contributed by atoms with Crippen LogP contribution in [0.1, 0.15) is 38.2 Å². The summed E-state index contributed by atoms with van der Waals surface area (Å²) in [6.07, 6.45) is 2.47. The number of rotatable bonds is 4. The number of amides is 1. The number of benzene rings is 1. The number of carbonyl (C=O) groups excluding carboxylic acids is 1. The van der Waals surface area contributed by atoms with Crippen LogP contribution >= 0.6 is 0 Å². The minimum Gasteiger partial charge on any atom is -0.325 e. The molecule has 1 spiro atoms. The lowest BCUT2D eigenvalue weighted by Gasteiger charge is -2.22. The summed E-state index contributed by atoms with van der Waals surface area (Å²) in [5, 5.41) is 6.56. The van der Waals surface area contributed by atoms with Crippen LogP contribution in [-0.2, 0) is 4.79 Å². The standard InChI is InChI=1S/C18H27N3O/c1-14(2)15-5-3-4-6-16(15)20-17(22)11-21-10-8-18(13-21)7-9-19-12-18/h3-6,14,19H,7-13H2,1-2H3,(H,20,22). The lowest BCUT2D eigenvalue weighted by molar-refractivity contribution is -0.117. The third kappa shape index (κ3) is 3.33. The highest BCUT2D eigenvalue weighted by atomic mass is 16.2. The predicted molar refractivity (Wildman–Crippen MR) is 90.1 cm³/mol.